The van der Waals surface area contributed by atoms with Gasteiger partial charge in [-0.05, 0) is 18.2 Å². The van der Waals surface area contributed by atoms with Crippen LogP contribution in [-0.4, -0.2) is 50.3 Å². The second-order valence-corrected chi connectivity index (χ2v) is 6.36. The highest BCUT2D eigenvalue weighted by Gasteiger charge is 2.36. The molecular weight excluding hydrogens is 368 g/mol. The summed E-state index contributed by atoms with van der Waals surface area (Å²) in [4.78, 5) is 15.1. The quantitative estimate of drug-likeness (QED) is 0.872. The van der Waals surface area contributed by atoms with Crippen LogP contribution >= 0.6 is 12.4 Å². The lowest BCUT2D eigenvalue weighted by atomic mass is 10.0. The standard InChI is InChI=1S/C20H22N2O4.ClH/c1-24-16-7-3-2-6-14(16)15-12-21-10-11-22(15)20(23)19-13-25-17-8-4-5-9-18(17)26-19;/h2-9,15,19,21H,10-13H2,1H3;1H. The number of piperazine rings is 1. The van der Waals surface area contributed by atoms with Crippen molar-refractivity contribution >= 4 is 18.3 Å². The van der Waals surface area contributed by atoms with E-state index in [-0.39, 0.29) is 31.0 Å². The molecule has 0 spiro atoms. The Hall–Kier alpha value is -2.44. The summed E-state index contributed by atoms with van der Waals surface area (Å²) >= 11 is 0. The van der Waals surface area contributed by atoms with Gasteiger partial charge in [-0.3, -0.25) is 4.79 Å². The maximum atomic E-state index is 13.2. The predicted molar refractivity (Wildman–Crippen MR) is 104 cm³/mol. The first kappa shape index (κ1) is 19.3. The zero-order chi connectivity index (χ0) is 17.9. The second kappa shape index (κ2) is 8.50. The first-order valence-corrected chi connectivity index (χ1v) is 8.80. The van der Waals surface area contributed by atoms with Gasteiger partial charge in [-0.1, -0.05) is 30.3 Å². The first-order valence-electron chi connectivity index (χ1n) is 8.80. The molecule has 1 saturated heterocycles. The third-order valence-electron chi connectivity index (χ3n) is 4.81. The molecule has 0 bridgehead atoms. The van der Waals surface area contributed by atoms with Crippen molar-refractivity contribution in [1.29, 1.82) is 0 Å². The number of halogens is 1. The highest BCUT2D eigenvalue weighted by atomic mass is 35.5. The molecule has 1 amide bonds. The molecule has 2 atom stereocenters. The van der Waals surface area contributed by atoms with Crippen LogP contribution in [0.1, 0.15) is 11.6 Å². The summed E-state index contributed by atoms with van der Waals surface area (Å²) in [6, 6.07) is 15.1. The summed E-state index contributed by atoms with van der Waals surface area (Å²) in [5.41, 5.74) is 0.993. The first-order chi connectivity index (χ1) is 12.8. The Labute approximate surface area is 164 Å². The topological polar surface area (TPSA) is 60.0 Å². The number of benzene rings is 2. The highest BCUT2D eigenvalue weighted by Crippen LogP contribution is 2.34. The Bertz CT molecular complexity index is 801. The zero-order valence-electron chi connectivity index (χ0n) is 15.1. The number of amides is 1. The fraction of sp³-hybridized carbons (Fsp3) is 0.350. The van der Waals surface area contributed by atoms with Crippen molar-refractivity contribution in [2.45, 2.75) is 12.1 Å². The normalized spacial score (nSPS) is 21.1. The molecule has 2 aromatic carbocycles. The molecule has 0 aliphatic carbocycles. The number of rotatable bonds is 3. The average molecular weight is 391 g/mol. The minimum Gasteiger partial charge on any atom is -0.496 e. The van der Waals surface area contributed by atoms with Crippen LogP contribution < -0.4 is 19.5 Å². The van der Waals surface area contributed by atoms with E-state index >= 15 is 0 Å². The third-order valence-corrected chi connectivity index (χ3v) is 4.81. The molecule has 4 rings (SSSR count). The van der Waals surface area contributed by atoms with Crippen molar-refractivity contribution in [2.75, 3.05) is 33.4 Å². The Balaban J connectivity index is 0.00000210. The summed E-state index contributed by atoms with van der Waals surface area (Å²) in [6.07, 6.45) is -0.639. The van der Waals surface area contributed by atoms with E-state index in [1.165, 1.54) is 0 Å². The molecule has 1 fully saturated rings. The van der Waals surface area contributed by atoms with E-state index in [0.717, 1.165) is 17.9 Å². The number of hydrogen-bond acceptors (Lipinski definition) is 5. The second-order valence-electron chi connectivity index (χ2n) is 6.36. The van der Waals surface area contributed by atoms with E-state index in [2.05, 4.69) is 5.32 Å². The van der Waals surface area contributed by atoms with Crippen molar-refractivity contribution in [1.82, 2.24) is 10.2 Å². The van der Waals surface area contributed by atoms with Gasteiger partial charge in [0.1, 0.15) is 12.4 Å². The van der Waals surface area contributed by atoms with E-state index in [0.29, 0.717) is 24.6 Å². The van der Waals surface area contributed by atoms with Crippen molar-refractivity contribution < 1.29 is 19.0 Å². The Morgan fingerprint density at radius 2 is 1.89 bits per heavy atom. The minimum atomic E-state index is -0.639. The molecule has 144 valence electrons. The lowest BCUT2D eigenvalue weighted by Gasteiger charge is -2.39. The summed E-state index contributed by atoms with van der Waals surface area (Å²) < 4.78 is 17.1. The fourth-order valence-electron chi connectivity index (χ4n) is 3.51. The van der Waals surface area contributed by atoms with Gasteiger partial charge in [0.25, 0.3) is 5.91 Å². The van der Waals surface area contributed by atoms with E-state index < -0.39 is 6.10 Å². The molecule has 7 heteroatoms. The van der Waals surface area contributed by atoms with Gasteiger partial charge in [0.05, 0.1) is 13.2 Å². The lowest BCUT2D eigenvalue weighted by Crippen LogP contribution is -2.54. The third kappa shape index (κ3) is 3.82. The van der Waals surface area contributed by atoms with Crippen molar-refractivity contribution in [2.24, 2.45) is 0 Å². The molecule has 6 nitrogen and oxygen atoms in total. The van der Waals surface area contributed by atoms with Gasteiger partial charge in [-0.2, -0.15) is 0 Å². The van der Waals surface area contributed by atoms with Crippen LogP contribution in [0, 0.1) is 0 Å². The summed E-state index contributed by atoms with van der Waals surface area (Å²) in [6.45, 7) is 2.26. The largest absolute Gasteiger partial charge is 0.496 e. The van der Waals surface area contributed by atoms with Crippen molar-refractivity contribution in [3.05, 3.63) is 54.1 Å². The van der Waals surface area contributed by atoms with Crippen LogP contribution in [0.2, 0.25) is 0 Å². The molecule has 2 heterocycles. The number of fused-ring (bicyclic) bond motifs is 1. The Morgan fingerprint density at radius 1 is 1.15 bits per heavy atom. The van der Waals surface area contributed by atoms with Gasteiger partial charge >= 0.3 is 0 Å². The van der Waals surface area contributed by atoms with E-state index in [1.807, 2.05) is 53.4 Å². The van der Waals surface area contributed by atoms with Crippen LogP contribution in [0.5, 0.6) is 17.2 Å². The van der Waals surface area contributed by atoms with Gasteiger partial charge in [0, 0.05) is 25.2 Å². The van der Waals surface area contributed by atoms with Crippen molar-refractivity contribution in [3.63, 3.8) is 0 Å². The highest BCUT2D eigenvalue weighted by molar-refractivity contribution is 5.85. The summed E-state index contributed by atoms with van der Waals surface area (Å²) in [5.74, 6) is 2.02. The number of ether oxygens (including phenoxy) is 3. The van der Waals surface area contributed by atoms with Gasteiger partial charge in [0.15, 0.2) is 11.5 Å². The number of hydrogen-bond donors (Lipinski definition) is 1. The average Bonchev–Trinajstić information content (AvgIpc) is 2.73. The van der Waals surface area contributed by atoms with E-state index in [9.17, 15) is 4.79 Å². The van der Waals surface area contributed by atoms with Gasteiger partial charge in [0.2, 0.25) is 6.10 Å². The molecule has 1 N–H and O–H groups in total. The molecule has 0 saturated carbocycles. The summed E-state index contributed by atoms with van der Waals surface area (Å²) in [7, 11) is 1.65. The molecule has 0 aromatic heterocycles. The van der Waals surface area contributed by atoms with Crippen molar-refractivity contribution in [3.8, 4) is 17.2 Å². The fourth-order valence-corrected chi connectivity index (χ4v) is 3.51. The number of carbonyl (C=O) groups excluding carboxylic acids is 1. The molecule has 2 unspecified atom stereocenters. The molecule has 2 aliphatic rings. The SMILES string of the molecule is COc1ccccc1C1CNCCN1C(=O)C1COc2ccccc2O1.Cl. The molecule has 0 radical (unpaired) electrons. The number of nitrogens with zero attached hydrogens (tertiary/aromatic N) is 1. The van der Waals surface area contributed by atoms with Crippen LogP contribution in [0.4, 0.5) is 0 Å². The van der Waals surface area contributed by atoms with Gasteiger partial charge in [-0.25, -0.2) is 0 Å². The maximum Gasteiger partial charge on any atom is 0.267 e. The van der Waals surface area contributed by atoms with Gasteiger partial charge in [-0.15, -0.1) is 12.4 Å². The van der Waals surface area contributed by atoms with E-state index in [4.69, 9.17) is 14.2 Å². The monoisotopic (exact) mass is 390 g/mol. The Kier molecular flexibility index (Phi) is 6.08. The predicted octanol–water partition coefficient (Wildman–Crippen LogP) is 2.43. The van der Waals surface area contributed by atoms with Crippen LogP contribution in [0.15, 0.2) is 48.5 Å². The molecular formula is C20H23ClN2O4. The smallest absolute Gasteiger partial charge is 0.267 e. The van der Waals surface area contributed by atoms with Crippen LogP contribution in [0.25, 0.3) is 0 Å². The molecule has 27 heavy (non-hydrogen) atoms. The number of carbonyl (C=O) groups is 1. The number of methoxy groups -OCH3 is 1. The van der Waals surface area contributed by atoms with E-state index in [1.54, 1.807) is 7.11 Å². The lowest BCUT2D eigenvalue weighted by molar-refractivity contribution is -0.144. The zero-order valence-corrected chi connectivity index (χ0v) is 15.9. The summed E-state index contributed by atoms with van der Waals surface area (Å²) in [5, 5.41) is 3.37. The maximum absolute atomic E-state index is 13.2. The van der Waals surface area contributed by atoms with Gasteiger partial charge < -0.3 is 24.4 Å². The number of para-hydroxylation sites is 3. The number of nitrogens with one attached hydrogen (secondary N) is 1. The minimum absolute atomic E-state index is 0. The van der Waals surface area contributed by atoms with Crippen LogP contribution in [-0.2, 0) is 4.79 Å². The Morgan fingerprint density at radius 3 is 2.70 bits per heavy atom. The molecule has 2 aliphatic heterocycles. The molecule has 2 aromatic rings. The van der Waals surface area contributed by atoms with Crippen LogP contribution in [0.3, 0.4) is 0 Å².